The smallest absolute Gasteiger partial charge is 0.306 e. The Hall–Kier alpha value is -3.71. The minimum absolute atomic E-state index is 0.150. The number of aliphatic carboxylic acids is 1. The number of hydrogen-bond donors (Lipinski definition) is 2. The second kappa shape index (κ2) is 9.39. The fraction of sp³-hybridized carbons (Fsp3) is 0.286. The van der Waals surface area contributed by atoms with E-state index in [1.54, 1.807) is 30.3 Å². The van der Waals surface area contributed by atoms with E-state index in [9.17, 15) is 14.7 Å². The summed E-state index contributed by atoms with van der Waals surface area (Å²) in [7, 11) is 0. The molecule has 184 valence electrons. The van der Waals surface area contributed by atoms with Gasteiger partial charge in [0.2, 0.25) is 0 Å². The van der Waals surface area contributed by atoms with Crippen LogP contribution < -0.4 is 4.74 Å². The number of carboxylic acids is 1. The Balaban J connectivity index is 1.64. The standard InChI is InChI=1S/C28H26ClN3O4/c1-14-15(2)31-23(16(3)30-14)13-36-24-11-10-22-25(20-12-18(28(34)35)6-9-21(20)32-22)26(24)27(33)17-4-7-19(29)8-5-17/h4-5,7-8,10-11,18,32H,6,9,12-13H2,1-3H3,(H,34,35). The number of benzene rings is 2. The van der Waals surface area contributed by atoms with E-state index in [-0.39, 0.29) is 12.4 Å². The number of nitrogens with zero attached hydrogens (tertiary/aromatic N) is 2. The summed E-state index contributed by atoms with van der Waals surface area (Å²) in [6, 6.07) is 10.4. The number of halogens is 1. The molecule has 4 aromatic rings. The number of aromatic nitrogens is 3. The molecule has 8 heteroatoms. The second-order valence-electron chi connectivity index (χ2n) is 9.27. The first-order valence-electron chi connectivity index (χ1n) is 11.9. The zero-order valence-corrected chi connectivity index (χ0v) is 21.1. The van der Waals surface area contributed by atoms with Crippen molar-refractivity contribution in [3.8, 4) is 5.75 Å². The van der Waals surface area contributed by atoms with Crippen LogP contribution >= 0.6 is 11.6 Å². The number of nitrogens with one attached hydrogen (secondary N) is 1. The van der Waals surface area contributed by atoms with Gasteiger partial charge in [0.15, 0.2) is 5.78 Å². The highest BCUT2D eigenvalue weighted by Crippen LogP contribution is 2.38. The van der Waals surface area contributed by atoms with Crippen LogP contribution in [0.2, 0.25) is 5.02 Å². The molecule has 0 saturated heterocycles. The van der Waals surface area contributed by atoms with Crippen molar-refractivity contribution in [2.24, 2.45) is 5.92 Å². The summed E-state index contributed by atoms with van der Waals surface area (Å²) in [5.74, 6) is -1.11. The van der Waals surface area contributed by atoms with Crippen LogP contribution in [0.25, 0.3) is 10.9 Å². The van der Waals surface area contributed by atoms with Crippen LogP contribution in [0.3, 0.4) is 0 Å². The molecule has 2 aromatic heterocycles. The molecule has 1 aliphatic rings. The molecule has 2 aromatic carbocycles. The topological polar surface area (TPSA) is 105 Å². The number of carbonyl (C=O) groups is 2. The number of rotatable bonds is 6. The van der Waals surface area contributed by atoms with Gasteiger partial charge >= 0.3 is 5.97 Å². The Bertz CT molecular complexity index is 1510. The zero-order valence-electron chi connectivity index (χ0n) is 20.3. The van der Waals surface area contributed by atoms with Crippen LogP contribution in [0.5, 0.6) is 5.75 Å². The van der Waals surface area contributed by atoms with Gasteiger partial charge in [0, 0.05) is 27.2 Å². The molecule has 0 spiro atoms. The monoisotopic (exact) mass is 503 g/mol. The average Bonchev–Trinajstić information content (AvgIpc) is 3.23. The summed E-state index contributed by atoms with van der Waals surface area (Å²) in [5.41, 5.74) is 6.67. The highest BCUT2D eigenvalue weighted by atomic mass is 35.5. The molecule has 1 unspecified atom stereocenters. The van der Waals surface area contributed by atoms with E-state index < -0.39 is 11.9 Å². The van der Waals surface area contributed by atoms with Crippen molar-refractivity contribution in [2.75, 3.05) is 0 Å². The normalized spacial score (nSPS) is 15.1. The number of fused-ring (bicyclic) bond motifs is 3. The van der Waals surface area contributed by atoms with Crippen LogP contribution in [0.15, 0.2) is 36.4 Å². The number of aryl methyl sites for hydroxylation is 4. The van der Waals surface area contributed by atoms with Crippen molar-refractivity contribution in [3.05, 3.63) is 86.6 Å². The Morgan fingerprint density at radius 1 is 1.06 bits per heavy atom. The maximum Gasteiger partial charge on any atom is 0.306 e. The van der Waals surface area contributed by atoms with Crippen molar-refractivity contribution < 1.29 is 19.4 Å². The van der Waals surface area contributed by atoms with Crippen molar-refractivity contribution in [1.29, 1.82) is 0 Å². The minimum atomic E-state index is -0.822. The van der Waals surface area contributed by atoms with Gasteiger partial charge in [-0.1, -0.05) is 11.6 Å². The Labute approximate surface area is 213 Å². The lowest BCUT2D eigenvalue weighted by atomic mass is 9.84. The predicted molar refractivity (Wildman–Crippen MR) is 137 cm³/mol. The molecule has 7 nitrogen and oxygen atoms in total. The molecule has 1 atom stereocenters. The van der Waals surface area contributed by atoms with Gasteiger partial charge in [-0.15, -0.1) is 0 Å². The van der Waals surface area contributed by atoms with E-state index in [0.717, 1.165) is 39.2 Å². The van der Waals surface area contributed by atoms with Crippen molar-refractivity contribution in [1.82, 2.24) is 15.0 Å². The van der Waals surface area contributed by atoms with Crippen molar-refractivity contribution >= 4 is 34.3 Å². The van der Waals surface area contributed by atoms with E-state index in [1.807, 2.05) is 26.8 Å². The SMILES string of the molecule is Cc1nc(C)c(COc2ccc3[nH]c4c(c3c2C(=O)c2ccc(Cl)cc2)CC(C(=O)O)CC4)nc1C. The third-order valence-corrected chi connectivity index (χ3v) is 7.19. The molecule has 0 fully saturated rings. The largest absolute Gasteiger partial charge is 0.486 e. The number of ether oxygens (including phenoxy) is 1. The van der Waals surface area contributed by atoms with Gasteiger partial charge in [0.25, 0.3) is 0 Å². The first kappa shape index (κ1) is 24.0. The maximum absolute atomic E-state index is 13.9. The molecular weight excluding hydrogens is 478 g/mol. The summed E-state index contributed by atoms with van der Waals surface area (Å²) < 4.78 is 6.23. The molecule has 0 saturated carbocycles. The molecule has 0 amide bonds. The fourth-order valence-corrected chi connectivity index (χ4v) is 4.97. The maximum atomic E-state index is 13.9. The Morgan fingerprint density at radius 3 is 2.50 bits per heavy atom. The molecule has 36 heavy (non-hydrogen) atoms. The van der Waals surface area contributed by atoms with Gasteiger partial charge in [0.05, 0.1) is 34.3 Å². The molecule has 5 rings (SSSR count). The fourth-order valence-electron chi connectivity index (χ4n) is 4.84. The lowest BCUT2D eigenvalue weighted by Gasteiger charge is -2.20. The predicted octanol–water partition coefficient (Wildman–Crippen LogP) is 5.54. The van der Waals surface area contributed by atoms with E-state index >= 15 is 0 Å². The van der Waals surface area contributed by atoms with Crippen LogP contribution in [-0.4, -0.2) is 31.8 Å². The average molecular weight is 504 g/mol. The Kier molecular flexibility index (Phi) is 6.26. The van der Waals surface area contributed by atoms with Crippen LogP contribution in [0, 0.1) is 26.7 Å². The third-order valence-electron chi connectivity index (χ3n) is 6.94. The van der Waals surface area contributed by atoms with E-state index in [0.29, 0.717) is 46.9 Å². The van der Waals surface area contributed by atoms with Crippen molar-refractivity contribution in [2.45, 2.75) is 46.6 Å². The minimum Gasteiger partial charge on any atom is -0.486 e. The summed E-state index contributed by atoms with van der Waals surface area (Å²) in [5, 5.41) is 10.9. The highest BCUT2D eigenvalue weighted by Gasteiger charge is 2.30. The lowest BCUT2D eigenvalue weighted by Crippen LogP contribution is -2.22. The number of carboxylic acid groups (broad SMARTS) is 1. The number of aromatic amines is 1. The molecule has 1 aliphatic carbocycles. The van der Waals surface area contributed by atoms with Crippen molar-refractivity contribution in [3.63, 3.8) is 0 Å². The van der Waals surface area contributed by atoms with Gasteiger partial charge in [-0.05, 0) is 82.0 Å². The second-order valence-corrected chi connectivity index (χ2v) is 9.71. The third kappa shape index (κ3) is 4.35. The van der Waals surface area contributed by atoms with Gasteiger partial charge in [-0.3, -0.25) is 19.6 Å². The van der Waals surface area contributed by atoms with Crippen LogP contribution in [0.1, 0.15) is 56.4 Å². The molecule has 2 heterocycles. The molecule has 0 radical (unpaired) electrons. The van der Waals surface area contributed by atoms with Gasteiger partial charge in [-0.2, -0.15) is 0 Å². The molecule has 2 N–H and O–H groups in total. The molecule has 0 bridgehead atoms. The zero-order chi connectivity index (χ0) is 25.6. The highest BCUT2D eigenvalue weighted by molar-refractivity contribution is 6.30. The number of carbonyl (C=O) groups excluding carboxylic acids is 1. The number of ketones is 1. The van der Waals surface area contributed by atoms with Crippen LogP contribution in [-0.2, 0) is 24.2 Å². The molecular formula is C28H26ClN3O4. The first-order valence-corrected chi connectivity index (χ1v) is 12.2. The van der Waals surface area contributed by atoms with Gasteiger partial charge < -0.3 is 14.8 Å². The summed E-state index contributed by atoms with van der Waals surface area (Å²) in [4.78, 5) is 38.2. The van der Waals surface area contributed by atoms with E-state index in [2.05, 4.69) is 15.0 Å². The van der Waals surface area contributed by atoms with Gasteiger partial charge in [-0.25, -0.2) is 0 Å². The summed E-state index contributed by atoms with van der Waals surface area (Å²) >= 11 is 6.06. The first-order chi connectivity index (χ1) is 17.2. The Morgan fingerprint density at radius 2 is 1.78 bits per heavy atom. The van der Waals surface area contributed by atoms with Gasteiger partial charge in [0.1, 0.15) is 12.4 Å². The summed E-state index contributed by atoms with van der Waals surface area (Å²) in [6.45, 7) is 5.85. The lowest BCUT2D eigenvalue weighted by molar-refractivity contribution is -0.142. The van der Waals surface area contributed by atoms with Crippen LogP contribution in [0.4, 0.5) is 0 Å². The molecule has 0 aliphatic heterocycles. The quantitative estimate of drug-likeness (QED) is 0.335. The number of H-pyrrole nitrogens is 1. The number of hydrogen-bond acceptors (Lipinski definition) is 5. The van der Waals surface area contributed by atoms with E-state index in [1.165, 1.54) is 0 Å². The van der Waals surface area contributed by atoms with E-state index in [4.69, 9.17) is 16.3 Å². The summed E-state index contributed by atoms with van der Waals surface area (Å²) in [6.07, 6.45) is 1.53.